The molecule has 1 aliphatic rings. The van der Waals surface area contributed by atoms with Crippen LogP contribution in [0.1, 0.15) is 18.6 Å². The van der Waals surface area contributed by atoms with E-state index in [4.69, 9.17) is 4.42 Å². The maximum atomic E-state index is 12.3. The Hall–Kier alpha value is -2.23. The number of benzene rings is 1. The molecule has 98 valence electrons. The van der Waals surface area contributed by atoms with Gasteiger partial charge in [0, 0.05) is 13.0 Å². The summed E-state index contributed by atoms with van der Waals surface area (Å²) in [5.41, 5.74) is 1.92. The van der Waals surface area contributed by atoms with Gasteiger partial charge in [0.1, 0.15) is 5.76 Å². The molecule has 4 heteroatoms. The van der Waals surface area contributed by atoms with Crippen LogP contribution in [-0.4, -0.2) is 12.5 Å². The maximum Gasteiger partial charge on any atom is 0.227 e. The van der Waals surface area contributed by atoms with E-state index in [2.05, 4.69) is 5.32 Å². The molecule has 0 unspecified atom stereocenters. The fraction of sp³-hybridized carbons (Fsp3) is 0.267. The molecule has 1 N–H and O–H groups in total. The number of nitrogens with zero attached hydrogens (tertiary/aromatic N) is 1. The normalized spacial score (nSPS) is 15.4. The third-order valence-corrected chi connectivity index (χ3v) is 3.27. The molecule has 0 radical (unpaired) electrons. The predicted octanol–water partition coefficient (Wildman–Crippen LogP) is 3.02. The lowest BCUT2D eigenvalue weighted by Crippen LogP contribution is -2.32. The molecule has 1 aliphatic heterocycles. The first-order chi connectivity index (χ1) is 9.34. The van der Waals surface area contributed by atoms with E-state index >= 15 is 0 Å². The minimum absolute atomic E-state index is 0.144. The summed E-state index contributed by atoms with van der Waals surface area (Å²) in [5, 5.41) is 3.37. The predicted molar refractivity (Wildman–Crippen MR) is 74.1 cm³/mol. The number of nitrogens with one attached hydrogen (secondary N) is 1. The highest BCUT2D eigenvalue weighted by Crippen LogP contribution is 2.29. The second-order valence-corrected chi connectivity index (χ2v) is 4.61. The first-order valence-electron chi connectivity index (χ1n) is 6.50. The number of anilines is 2. The lowest BCUT2D eigenvalue weighted by atomic mass is 10.1. The molecule has 1 aromatic heterocycles. The van der Waals surface area contributed by atoms with Gasteiger partial charge in [0.05, 0.1) is 24.2 Å². The van der Waals surface area contributed by atoms with Crippen LogP contribution in [0.25, 0.3) is 0 Å². The maximum absolute atomic E-state index is 12.3. The Labute approximate surface area is 112 Å². The molecule has 0 saturated carbocycles. The van der Waals surface area contributed by atoms with Crippen LogP contribution in [0.5, 0.6) is 0 Å². The second-order valence-electron chi connectivity index (χ2n) is 4.61. The van der Waals surface area contributed by atoms with Crippen LogP contribution in [0.15, 0.2) is 47.1 Å². The van der Waals surface area contributed by atoms with Crippen molar-refractivity contribution >= 4 is 17.3 Å². The molecule has 2 aromatic rings. The van der Waals surface area contributed by atoms with Crippen molar-refractivity contribution in [1.82, 2.24) is 0 Å². The zero-order valence-electron chi connectivity index (χ0n) is 10.6. The Bertz CT molecular complexity index is 563. The Morgan fingerprint density at radius 1 is 1.21 bits per heavy atom. The van der Waals surface area contributed by atoms with Crippen LogP contribution in [-0.2, 0) is 11.3 Å². The van der Waals surface area contributed by atoms with Gasteiger partial charge in [-0.2, -0.15) is 0 Å². The van der Waals surface area contributed by atoms with Gasteiger partial charge in [0.2, 0.25) is 5.91 Å². The summed E-state index contributed by atoms with van der Waals surface area (Å²) in [5.74, 6) is 0.939. The first-order valence-corrected chi connectivity index (χ1v) is 6.50. The van der Waals surface area contributed by atoms with Crippen LogP contribution in [0.2, 0.25) is 0 Å². The molecule has 19 heavy (non-hydrogen) atoms. The van der Waals surface area contributed by atoms with Gasteiger partial charge < -0.3 is 14.6 Å². The molecular weight excluding hydrogens is 240 g/mol. The van der Waals surface area contributed by atoms with E-state index in [1.165, 1.54) is 0 Å². The number of para-hydroxylation sites is 2. The quantitative estimate of drug-likeness (QED) is 0.898. The Morgan fingerprint density at radius 2 is 2.11 bits per heavy atom. The molecule has 0 fully saturated rings. The molecular formula is C15H16N2O2. The molecule has 1 amide bonds. The first kappa shape index (κ1) is 11.8. The standard InChI is InChI=1S/C15H16N2O2/c18-15-8-3-9-16-13-6-1-2-7-14(13)17(15)11-12-5-4-10-19-12/h1-2,4-7,10,16H,3,8-9,11H2. The zero-order chi connectivity index (χ0) is 13.1. The second kappa shape index (κ2) is 5.18. The number of carbonyl (C=O) groups is 1. The van der Waals surface area contributed by atoms with Crippen molar-refractivity contribution in [3.63, 3.8) is 0 Å². The highest BCUT2D eigenvalue weighted by atomic mass is 16.3. The van der Waals surface area contributed by atoms with E-state index in [1.807, 2.05) is 36.4 Å². The summed E-state index contributed by atoms with van der Waals surface area (Å²) < 4.78 is 5.36. The van der Waals surface area contributed by atoms with Crippen LogP contribution in [0.3, 0.4) is 0 Å². The lowest BCUT2D eigenvalue weighted by molar-refractivity contribution is -0.118. The van der Waals surface area contributed by atoms with Gasteiger partial charge in [-0.05, 0) is 30.7 Å². The average Bonchev–Trinajstić information content (AvgIpc) is 2.93. The largest absolute Gasteiger partial charge is 0.467 e. The zero-order valence-corrected chi connectivity index (χ0v) is 10.6. The number of rotatable bonds is 2. The summed E-state index contributed by atoms with van der Waals surface area (Å²) in [4.78, 5) is 14.1. The Morgan fingerprint density at radius 3 is 2.95 bits per heavy atom. The number of hydrogen-bond acceptors (Lipinski definition) is 3. The van der Waals surface area contributed by atoms with Gasteiger partial charge >= 0.3 is 0 Å². The number of fused-ring (bicyclic) bond motifs is 1. The van der Waals surface area contributed by atoms with Crippen molar-refractivity contribution in [2.75, 3.05) is 16.8 Å². The fourth-order valence-electron chi connectivity index (χ4n) is 2.32. The van der Waals surface area contributed by atoms with Crippen LogP contribution in [0, 0.1) is 0 Å². The van der Waals surface area contributed by atoms with Gasteiger partial charge in [-0.1, -0.05) is 12.1 Å². The van der Waals surface area contributed by atoms with E-state index in [0.717, 1.165) is 30.1 Å². The average molecular weight is 256 g/mol. The summed E-state index contributed by atoms with van der Waals surface area (Å²) in [6.07, 6.45) is 3.04. The van der Waals surface area contributed by atoms with E-state index in [9.17, 15) is 4.79 Å². The Balaban J connectivity index is 1.97. The smallest absolute Gasteiger partial charge is 0.227 e. The minimum atomic E-state index is 0.144. The number of amides is 1. The third-order valence-electron chi connectivity index (χ3n) is 3.27. The van der Waals surface area contributed by atoms with E-state index in [-0.39, 0.29) is 5.91 Å². The van der Waals surface area contributed by atoms with E-state index < -0.39 is 0 Å². The van der Waals surface area contributed by atoms with Gasteiger partial charge in [-0.15, -0.1) is 0 Å². The van der Waals surface area contributed by atoms with Crippen LogP contribution in [0.4, 0.5) is 11.4 Å². The van der Waals surface area contributed by atoms with Crippen molar-refractivity contribution in [3.05, 3.63) is 48.4 Å². The van der Waals surface area contributed by atoms with E-state index in [1.54, 1.807) is 11.2 Å². The van der Waals surface area contributed by atoms with E-state index in [0.29, 0.717) is 13.0 Å². The molecule has 0 spiro atoms. The topological polar surface area (TPSA) is 45.5 Å². The monoisotopic (exact) mass is 256 g/mol. The van der Waals surface area contributed by atoms with Gasteiger partial charge in [-0.3, -0.25) is 4.79 Å². The van der Waals surface area contributed by atoms with Crippen molar-refractivity contribution in [2.24, 2.45) is 0 Å². The SMILES string of the molecule is O=C1CCCNc2ccccc2N1Cc1ccco1. The molecule has 0 atom stereocenters. The van der Waals surface area contributed by atoms with Crippen molar-refractivity contribution in [3.8, 4) is 0 Å². The highest BCUT2D eigenvalue weighted by Gasteiger charge is 2.21. The lowest BCUT2D eigenvalue weighted by Gasteiger charge is -2.27. The molecule has 0 saturated heterocycles. The summed E-state index contributed by atoms with van der Waals surface area (Å²) in [6, 6.07) is 11.6. The number of furan rings is 1. The van der Waals surface area contributed by atoms with Gasteiger partial charge in [-0.25, -0.2) is 0 Å². The molecule has 2 heterocycles. The van der Waals surface area contributed by atoms with Gasteiger partial charge in [0.15, 0.2) is 0 Å². The van der Waals surface area contributed by atoms with Crippen molar-refractivity contribution < 1.29 is 9.21 Å². The molecule has 0 aliphatic carbocycles. The van der Waals surface area contributed by atoms with Gasteiger partial charge in [0.25, 0.3) is 0 Å². The van der Waals surface area contributed by atoms with Crippen molar-refractivity contribution in [2.45, 2.75) is 19.4 Å². The van der Waals surface area contributed by atoms with Crippen LogP contribution < -0.4 is 10.2 Å². The summed E-state index contributed by atoms with van der Waals surface area (Å²) in [7, 11) is 0. The summed E-state index contributed by atoms with van der Waals surface area (Å²) in [6.45, 7) is 1.31. The molecule has 0 bridgehead atoms. The fourth-order valence-corrected chi connectivity index (χ4v) is 2.32. The number of hydrogen-bond donors (Lipinski definition) is 1. The highest BCUT2D eigenvalue weighted by molar-refractivity contribution is 5.97. The minimum Gasteiger partial charge on any atom is -0.467 e. The third kappa shape index (κ3) is 2.47. The molecule has 1 aromatic carbocycles. The summed E-state index contributed by atoms with van der Waals surface area (Å²) >= 11 is 0. The Kier molecular flexibility index (Phi) is 3.23. The number of carbonyl (C=O) groups excluding carboxylic acids is 1. The van der Waals surface area contributed by atoms with Crippen LogP contribution >= 0.6 is 0 Å². The molecule has 4 nitrogen and oxygen atoms in total. The molecule has 3 rings (SSSR count). The van der Waals surface area contributed by atoms with Crippen molar-refractivity contribution in [1.29, 1.82) is 0 Å².